The molecular weight excluding hydrogens is 348 g/mol. The van der Waals surface area contributed by atoms with Crippen LogP contribution >= 0.6 is 0 Å². The molecule has 26 heavy (non-hydrogen) atoms. The van der Waals surface area contributed by atoms with Crippen molar-refractivity contribution in [2.24, 2.45) is 0 Å². The molecule has 0 amide bonds. The van der Waals surface area contributed by atoms with Crippen LogP contribution in [0.4, 0.5) is 5.69 Å². The van der Waals surface area contributed by atoms with Gasteiger partial charge in [0.15, 0.2) is 8.32 Å². The lowest BCUT2D eigenvalue weighted by Gasteiger charge is -2.37. The van der Waals surface area contributed by atoms with Crippen LogP contribution in [-0.2, 0) is 14.0 Å². The third-order valence-electron chi connectivity index (χ3n) is 5.01. The summed E-state index contributed by atoms with van der Waals surface area (Å²) in [5, 5.41) is 1.17. The van der Waals surface area contributed by atoms with Crippen molar-refractivity contribution in [2.75, 3.05) is 12.3 Å². The van der Waals surface area contributed by atoms with Crippen LogP contribution in [-0.4, -0.2) is 25.5 Å². The molecule has 0 unspecified atom stereocenters. The molecule has 0 saturated heterocycles. The van der Waals surface area contributed by atoms with Crippen molar-refractivity contribution in [3.05, 3.63) is 40.8 Å². The Kier molecular flexibility index (Phi) is 5.63. The predicted octanol–water partition coefficient (Wildman–Crippen LogP) is 3.67. The second-order valence-electron chi connectivity index (χ2n) is 7.97. The third kappa shape index (κ3) is 4.16. The van der Waals surface area contributed by atoms with Gasteiger partial charge in [0.05, 0.1) is 6.61 Å². The van der Waals surface area contributed by atoms with Gasteiger partial charge in [0.25, 0.3) is 5.56 Å². The number of rotatable bonds is 5. The third-order valence-corrected chi connectivity index (χ3v) is 9.51. The van der Waals surface area contributed by atoms with Crippen LogP contribution in [0.25, 0.3) is 10.8 Å². The number of ether oxygens (including phenoxy) is 1. The van der Waals surface area contributed by atoms with Gasteiger partial charge in [0.2, 0.25) is 6.23 Å². The normalized spacial score (nSPS) is 13.6. The van der Waals surface area contributed by atoms with E-state index in [1.54, 1.807) is 30.5 Å². The van der Waals surface area contributed by atoms with E-state index in [-0.39, 0.29) is 17.2 Å². The first-order chi connectivity index (χ1) is 11.9. The van der Waals surface area contributed by atoms with Crippen LogP contribution in [0.15, 0.2) is 35.3 Å². The largest absolute Gasteiger partial charge is 0.439 e. The highest BCUT2D eigenvalue weighted by Crippen LogP contribution is 2.37. The summed E-state index contributed by atoms with van der Waals surface area (Å²) in [6.45, 7) is 12.1. The van der Waals surface area contributed by atoms with Gasteiger partial charge in [-0.15, -0.1) is 0 Å². The predicted molar refractivity (Wildman–Crippen MR) is 107 cm³/mol. The Morgan fingerprint density at radius 2 is 1.88 bits per heavy atom. The average Bonchev–Trinajstić information content (AvgIpc) is 2.51. The highest BCUT2D eigenvalue weighted by atomic mass is 28.4. The minimum absolute atomic E-state index is 0.0105. The molecule has 0 fully saturated rings. The molecule has 2 aromatic rings. The lowest BCUT2D eigenvalue weighted by atomic mass is 10.1. The van der Waals surface area contributed by atoms with Crippen molar-refractivity contribution >= 4 is 30.7 Å². The maximum atomic E-state index is 12.9. The smallest absolute Gasteiger partial charge is 0.304 e. The van der Waals surface area contributed by atoms with Gasteiger partial charge >= 0.3 is 5.97 Å². The Hall–Kier alpha value is -2.12. The van der Waals surface area contributed by atoms with Gasteiger partial charge in [-0.05, 0) is 36.3 Å². The fourth-order valence-corrected chi connectivity index (χ4v) is 3.40. The summed E-state index contributed by atoms with van der Waals surface area (Å²) in [5.41, 5.74) is 6.21. The van der Waals surface area contributed by atoms with Gasteiger partial charge in [0.1, 0.15) is 0 Å². The Morgan fingerprint density at radius 1 is 1.23 bits per heavy atom. The number of pyridine rings is 1. The van der Waals surface area contributed by atoms with Gasteiger partial charge in [0, 0.05) is 29.6 Å². The van der Waals surface area contributed by atoms with E-state index < -0.39 is 20.5 Å². The van der Waals surface area contributed by atoms with Gasteiger partial charge < -0.3 is 14.9 Å². The highest BCUT2D eigenvalue weighted by Gasteiger charge is 2.38. The lowest BCUT2D eigenvalue weighted by Crippen LogP contribution is -2.43. The zero-order valence-electron chi connectivity index (χ0n) is 16.3. The van der Waals surface area contributed by atoms with Crippen molar-refractivity contribution in [1.82, 2.24) is 4.57 Å². The number of nitrogens with two attached hydrogens (primary N) is 1. The lowest BCUT2D eigenvalue weighted by molar-refractivity contribution is -0.153. The molecule has 0 aliphatic rings. The van der Waals surface area contributed by atoms with Crippen LogP contribution in [0.3, 0.4) is 0 Å². The zero-order chi connectivity index (χ0) is 19.7. The zero-order valence-corrected chi connectivity index (χ0v) is 17.3. The van der Waals surface area contributed by atoms with Crippen molar-refractivity contribution in [3.63, 3.8) is 0 Å². The molecule has 0 aliphatic carbocycles. The molecule has 0 radical (unpaired) electrons. The molecule has 2 N–H and O–H groups in total. The second-order valence-corrected chi connectivity index (χ2v) is 12.8. The minimum Gasteiger partial charge on any atom is -0.439 e. The van der Waals surface area contributed by atoms with Crippen molar-refractivity contribution in [1.29, 1.82) is 0 Å². The summed E-state index contributed by atoms with van der Waals surface area (Å²) in [4.78, 5) is 24.5. The van der Waals surface area contributed by atoms with Crippen molar-refractivity contribution < 1.29 is 14.0 Å². The number of nitrogens with zero attached hydrogens (tertiary/aromatic N) is 1. The van der Waals surface area contributed by atoms with E-state index >= 15 is 0 Å². The molecule has 142 valence electrons. The average molecular weight is 377 g/mol. The monoisotopic (exact) mass is 376 g/mol. The number of anilines is 1. The first-order valence-corrected chi connectivity index (χ1v) is 11.6. The Bertz CT molecular complexity index is 868. The van der Waals surface area contributed by atoms with Crippen LogP contribution in [0.2, 0.25) is 18.1 Å². The number of nitrogen functional groups attached to an aromatic ring is 1. The molecule has 0 bridgehead atoms. The van der Waals surface area contributed by atoms with Gasteiger partial charge in [-0.2, -0.15) is 0 Å². The fourth-order valence-electron chi connectivity index (χ4n) is 2.40. The van der Waals surface area contributed by atoms with Crippen LogP contribution < -0.4 is 11.3 Å². The quantitative estimate of drug-likeness (QED) is 0.489. The topological polar surface area (TPSA) is 83.6 Å². The summed E-state index contributed by atoms with van der Waals surface area (Å²) in [5.74, 6) is -0.464. The van der Waals surface area contributed by atoms with E-state index in [2.05, 4.69) is 33.9 Å². The number of hydrogen-bond donors (Lipinski definition) is 1. The fraction of sp³-hybridized carbons (Fsp3) is 0.474. The number of esters is 1. The molecule has 1 atom stereocenters. The standard InChI is InChI=1S/C19H28N2O4Si/c1-13(22)25-17(12-24-26(5,6)19(2,3)4)21-11-10-14-15(18(21)23)8-7-9-16(14)20/h7-11,17H,12,20H2,1-6H3/t17-/m0/s1. The molecule has 1 heterocycles. The van der Waals surface area contributed by atoms with Gasteiger partial charge in [-0.1, -0.05) is 26.8 Å². The first kappa shape index (κ1) is 20.2. The summed E-state index contributed by atoms with van der Waals surface area (Å²) in [6.07, 6.45) is 0.781. The van der Waals surface area contributed by atoms with Crippen molar-refractivity contribution in [2.45, 2.75) is 52.1 Å². The molecule has 0 aliphatic heterocycles. The Morgan fingerprint density at radius 3 is 2.46 bits per heavy atom. The molecule has 7 heteroatoms. The van der Waals surface area contributed by atoms with Gasteiger partial charge in [-0.3, -0.25) is 14.2 Å². The summed E-state index contributed by atoms with van der Waals surface area (Å²) in [6, 6.07) is 6.95. The summed E-state index contributed by atoms with van der Waals surface area (Å²) >= 11 is 0. The van der Waals surface area contributed by atoms with Crippen LogP contribution in [0.1, 0.15) is 33.9 Å². The van der Waals surface area contributed by atoms with E-state index in [1.165, 1.54) is 11.5 Å². The summed E-state index contributed by atoms with van der Waals surface area (Å²) < 4.78 is 13.0. The molecule has 1 aromatic heterocycles. The van der Waals surface area contributed by atoms with Crippen molar-refractivity contribution in [3.8, 4) is 0 Å². The molecule has 1 aromatic carbocycles. The van der Waals surface area contributed by atoms with Gasteiger partial charge in [-0.25, -0.2) is 0 Å². The Labute approximate surface area is 155 Å². The first-order valence-electron chi connectivity index (χ1n) is 8.64. The molecular formula is C19H28N2O4Si. The SMILES string of the molecule is CC(=O)O[C@@H](CO[Si](C)(C)C(C)(C)C)n1ccc2c(N)cccc2c1=O. The number of carbonyl (C=O) groups is 1. The second kappa shape index (κ2) is 7.24. The number of hydrogen-bond acceptors (Lipinski definition) is 5. The Balaban J connectivity index is 2.42. The van der Waals surface area contributed by atoms with Crippen LogP contribution in [0, 0.1) is 0 Å². The van der Waals surface area contributed by atoms with E-state index in [0.29, 0.717) is 16.5 Å². The highest BCUT2D eigenvalue weighted by molar-refractivity contribution is 6.74. The molecule has 0 saturated carbocycles. The van der Waals surface area contributed by atoms with E-state index in [0.717, 1.165) is 0 Å². The number of fused-ring (bicyclic) bond motifs is 1. The molecule has 6 nitrogen and oxygen atoms in total. The molecule has 2 rings (SSSR count). The maximum Gasteiger partial charge on any atom is 0.304 e. The number of carbonyl (C=O) groups excluding carboxylic acids is 1. The van der Waals surface area contributed by atoms with E-state index in [9.17, 15) is 9.59 Å². The number of aromatic nitrogens is 1. The maximum absolute atomic E-state index is 12.9. The number of benzene rings is 1. The van der Waals surface area contributed by atoms with E-state index in [4.69, 9.17) is 14.9 Å². The molecule has 0 spiro atoms. The van der Waals surface area contributed by atoms with E-state index in [1.807, 2.05) is 0 Å². The van der Waals surface area contributed by atoms with Crippen LogP contribution in [0.5, 0.6) is 0 Å². The minimum atomic E-state index is -2.06. The summed E-state index contributed by atoms with van der Waals surface area (Å²) in [7, 11) is -2.06.